The second-order valence-electron chi connectivity index (χ2n) is 4.74. The molecule has 2 N–H and O–H groups in total. The topological polar surface area (TPSA) is 149 Å². The predicted octanol–water partition coefficient (Wildman–Crippen LogP) is 0.871. The molecule has 0 aliphatic carbocycles. The lowest BCUT2D eigenvalue weighted by Gasteiger charge is -2.09. The number of anilines is 1. The monoisotopic (exact) mass is 366 g/mol. The number of hydrogen-bond donors (Lipinski definition) is 2. The maximum Gasteiger partial charge on any atom is 0.397 e. The van der Waals surface area contributed by atoms with E-state index in [9.17, 15) is 24.5 Å². The Morgan fingerprint density at radius 3 is 2.35 bits per heavy atom. The third-order valence-corrected chi connectivity index (χ3v) is 2.80. The molecular weight excluding hydrogens is 348 g/mol. The van der Waals surface area contributed by atoms with Gasteiger partial charge in [0.25, 0.3) is 5.69 Å². The minimum absolute atomic E-state index is 0.0119. The van der Waals surface area contributed by atoms with Gasteiger partial charge in [-0.05, 0) is 32.4 Å². The maximum absolute atomic E-state index is 11.9. The van der Waals surface area contributed by atoms with E-state index in [0.29, 0.717) is 5.56 Å². The molecule has 1 aromatic carbocycles. The van der Waals surface area contributed by atoms with E-state index in [1.165, 1.54) is 32.0 Å². The summed E-state index contributed by atoms with van der Waals surface area (Å²) in [7, 11) is 0. The van der Waals surface area contributed by atoms with Crippen LogP contribution in [0.15, 0.2) is 23.3 Å². The van der Waals surface area contributed by atoms with E-state index in [2.05, 4.69) is 15.3 Å². The lowest BCUT2D eigenvalue weighted by atomic mass is 10.2. The summed E-state index contributed by atoms with van der Waals surface area (Å²) >= 11 is 0. The number of hydrazone groups is 1. The summed E-state index contributed by atoms with van der Waals surface area (Å²) in [5, 5.41) is 16.6. The van der Waals surface area contributed by atoms with Gasteiger partial charge in [-0.25, -0.2) is 9.59 Å². The fourth-order valence-electron chi connectivity index (χ4n) is 1.69. The van der Waals surface area contributed by atoms with Gasteiger partial charge < -0.3 is 9.47 Å². The quantitative estimate of drug-likeness (QED) is 0.195. The fourth-order valence-corrected chi connectivity index (χ4v) is 1.69. The van der Waals surface area contributed by atoms with Crippen LogP contribution in [0.1, 0.15) is 19.4 Å². The molecule has 0 bridgehead atoms. The highest BCUT2D eigenvalue weighted by Gasteiger charge is 2.23. The van der Waals surface area contributed by atoms with Gasteiger partial charge in [0.2, 0.25) is 5.84 Å². The average molecular weight is 366 g/mol. The molecule has 0 aliphatic heterocycles. The smallest absolute Gasteiger partial charge is 0.397 e. The van der Waals surface area contributed by atoms with Crippen molar-refractivity contribution in [2.45, 2.75) is 20.8 Å². The molecule has 1 aromatic rings. The first-order valence-electron chi connectivity index (χ1n) is 7.54. The van der Waals surface area contributed by atoms with Gasteiger partial charge in [0.05, 0.1) is 18.1 Å². The molecule has 140 valence electrons. The van der Waals surface area contributed by atoms with Crippen molar-refractivity contribution < 1.29 is 28.8 Å². The molecule has 0 spiro atoms. The number of benzene rings is 1. The van der Waals surface area contributed by atoms with Crippen molar-refractivity contribution in [3.8, 4) is 0 Å². The summed E-state index contributed by atoms with van der Waals surface area (Å²) < 4.78 is 9.23. The molecule has 0 atom stereocenters. The van der Waals surface area contributed by atoms with Crippen molar-refractivity contribution in [1.29, 1.82) is 0 Å². The minimum Gasteiger partial charge on any atom is -0.460 e. The number of hydrogen-bond acceptors (Lipinski definition) is 9. The molecule has 0 aliphatic rings. The zero-order chi connectivity index (χ0) is 19.7. The number of rotatable bonds is 5. The summed E-state index contributed by atoms with van der Waals surface area (Å²) in [6, 6.07) is 4.22. The Hall–Kier alpha value is -3.50. The second kappa shape index (κ2) is 9.71. The number of nitrogens with one attached hydrogen (secondary N) is 2. The highest BCUT2D eigenvalue weighted by atomic mass is 16.6. The SMILES string of the molecule is CCOC(=O)C(=O)N/C(=N\Nc1cc(C)ccc1[N+](=O)[O-])C(=O)OCC. The van der Waals surface area contributed by atoms with Crippen LogP contribution in [0.4, 0.5) is 11.4 Å². The van der Waals surface area contributed by atoms with Gasteiger partial charge in [-0.15, -0.1) is 5.10 Å². The predicted molar refractivity (Wildman–Crippen MR) is 90.3 cm³/mol. The number of amidine groups is 1. The van der Waals surface area contributed by atoms with E-state index in [-0.39, 0.29) is 24.6 Å². The number of aryl methyl sites for hydroxylation is 1. The van der Waals surface area contributed by atoms with Crippen LogP contribution in [0.3, 0.4) is 0 Å². The first-order chi connectivity index (χ1) is 12.3. The first-order valence-corrected chi connectivity index (χ1v) is 7.54. The summed E-state index contributed by atoms with van der Waals surface area (Å²) in [4.78, 5) is 45.3. The van der Waals surface area contributed by atoms with Crippen molar-refractivity contribution >= 4 is 35.1 Å². The molecule has 0 radical (unpaired) electrons. The summed E-state index contributed by atoms with van der Waals surface area (Å²) in [5.74, 6) is -4.14. The van der Waals surface area contributed by atoms with Crippen molar-refractivity contribution in [1.82, 2.24) is 5.32 Å². The van der Waals surface area contributed by atoms with Gasteiger partial charge in [0, 0.05) is 6.07 Å². The summed E-state index contributed by atoms with van der Waals surface area (Å²) in [6.45, 7) is 4.68. The van der Waals surface area contributed by atoms with E-state index in [1.54, 1.807) is 6.92 Å². The van der Waals surface area contributed by atoms with Crippen molar-refractivity contribution in [3.63, 3.8) is 0 Å². The highest BCUT2D eigenvalue weighted by molar-refractivity contribution is 6.45. The highest BCUT2D eigenvalue weighted by Crippen LogP contribution is 2.25. The molecule has 0 saturated carbocycles. The van der Waals surface area contributed by atoms with Gasteiger partial charge in [-0.2, -0.15) is 0 Å². The molecule has 1 amide bonds. The van der Waals surface area contributed by atoms with Crippen LogP contribution in [-0.4, -0.2) is 41.8 Å². The Kier molecular flexibility index (Phi) is 7.67. The Balaban J connectivity index is 3.10. The molecule has 11 nitrogen and oxygen atoms in total. The molecule has 0 fully saturated rings. The van der Waals surface area contributed by atoms with Crippen LogP contribution < -0.4 is 10.7 Å². The van der Waals surface area contributed by atoms with Crippen molar-refractivity contribution in [3.05, 3.63) is 33.9 Å². The standard InChI is InChI=1S/C15H18N4O7/c1-4-25-14(21)12(16-13(20)15(22)26-5-2)18-17-10-8-9(3)6-7-11(10)19(23)24/h6-8,17H,4-5H2,1-3H3,(H,16,18,20). The summed E-state index contributed by atoms with van der Waals surface area (Å²) in [5.41, 5.74) is 2.72. The number of nitro groups is 1. The van der Waals surface area contributed by atoms with Crippen LogP contribution in [0, 0.1) is 17.0 Å². The van der Waals surface area contributed by atoms with Crippen LogP contribution in [0.5, 0.6) is 0 Å². The van der Waals surface area contributed by atoms with E-state index >= 15 is 0 Å². The maximum atomic E-state index is 11.9. The number of esters is 2. The number of amides is 1. The molecular formula is C15H18N4O7. The van der Waals surface area contributed by atoms with E-state index in [1.807, 2.05) is 5.32 Å². The number of ether oxygens (including phenoxy) is 2. The Morgan fingerprint density at radius 1 is 1.15 bits per heavy atom. The molecule has 0 unspecified atom stereocenters. The Morgan fingerprint density at radius 2 is 1.77 bits per heavy atom. The van der Waals surface area contributed by atoms with Crippen molar-refractivity contribution in [2.75, 3.05) is 18.6 Å². The Labute approximate surface area is 148 Å². The third kappa shape index (κ3) is 5.85. The molecule has 0 saturated heterocycles. The molecule has 0 aromatic heterocycles. The van der Waals surface area contributed by atoms with Gasteiger partial charge in [0.15, 0.2) is 0 Å². The van der Waals surface area contributed by atoms with Crippen LogP contribution in [0.25, 0.3) is 0 Å². The molecule has 11 heteroatoms. The van der Waals surface area contributed by atoms with Gasteiger partial charge >= 0.3 is 17.8 Å². The molecule has 1 rings (SSSR count). The lowest BCUT2D eigenvalue weighted by Crippen LogP contribution is -2.42. The second-order valence-corrected chi connectivity index (χ2v) is 4.74. The lowest BCUT2D eigenvalue weighted by molar-refractivity contribution is -0.384. The van der Waals surface area contributed by atoms with Crippen LogP contribution in [-0.2, 0) is 23.9 Å². The van der Waals surface area contributed by atoms with E-state index in [4.69, 9.17) is 4.74 Å². The number of carbonyl (C=O) groups is 3. The fraction of sp³-hybridized carbons (Fsp3) is 0.333. The Bertz CT molecular complexity index is 746. The summed E-state index contributed by atoms with van der Waals surface area (Å²) in [6.07, 6.45) is 0. The third-order valence-electron chi connectivity index (χ3n) is 2.80. The zero-order valence-electron chi connectivity index (χ0n) is 14.4. The average Bonchev–Trinajstić information content (AvgIpc) is 2.58. The van der Waals surface area contributed by atoms with Gasteiger partial charge in [0.1, 0.15) is 5.69 Å². The molecule has 0 heterocycles. The van der Waals surface area contributed by atoms with Crippen molar-refractivity contribution in [2.24, 2.45) is 5.10 Å². The van der Waals surface area contributed by atoms with E-state index in [0.717, 1.165) is 0 Å². The van der Waals surface area contributed by atoms with Gasteiger partial charge in [-0.3, -0.25) is 25.7 Å². The van der Waals surface area contributed by atoms with Crippen LogP contribution >= 0.6 is 0 Å². The minimum atomic E-state index is -1.24. The normalized spacial score (nSPS) is 10.7. The first kappa shape index (κ1) is 20.5. The number of carbonyl (C=O) groups excluding carboxylic acids is 3. The van der Waals surface area contributed by atoms with E-state index < -0.39 is 28.6 Å². The number of nitro benzene ring substituents is 1. The number of nitrogens with zero attached hydrogens (tertiary/aromatic N) is 2. The largest absolute Gasteiger partial charge is 0.460 e. The molecule has 26 heavy (non-hydrogen) atoms. The van der Waals surface area contributed by atoms with Gasteiger partial charge in [-0.1, -0.05) is 6.07 Å². The zero-order valence-corrected chi connectivity index (χ0v) is 14.4. The van der Waals surface area contributed by atoms with Crippen LogP contribution in [0.2, 0.25) is 0 Å².